The number of hydrogen-bond donors (Lipinski definition) is 1. The fraction of sp³-hybridized carbons (Fsp3) is 0.833. The highest BCUT2D eigenvalue weighted by Gasteiger charge is 2.41. The third kappa shape index (κ3) is 1.68. The molecule has 0 saturated carbocycles. The van der Waals surface area contributed by atoms with Gasteiger partial charge in [0.05, 0.1) is 0 Å². The standard InChI is InChI=1S/C6H13NO4/c1-7(2)6(10-3,11-4)5(8)9/h1-4H3,(H,8,9). The average Bonchev–Trinajstić information content (AvgIpc) is 1.90. The summed E-state index contributed by atoms with van der Waals surface area (Å²) in [5.41, 5.74) is 0. The van der Waals surface area contributed by atoms with Crippen LogP contribution in [0.3, 0.4) is 0 Å². The second-order valence-electron chi connectivity index (χ2n) is 2.19. The highest BCUT2D eigenvalue weighted by Crippen LogP contribution is 2.13. The van der Waals surface area contributed by atoms with Crippen LogP contribution in [0.1, 0.15) is 0 Å². The monoisotopic (exact) mass is 163 g/mol. The van der Waals surface area contributed by atoms with Gasteiger partial charge in [0.15, 0.2) is 0 Å². The molecule has 0 aliphatic carbocycles. The Morgan fingerprint density at radius 3 is 1.73 bits per heavy atom. The molecule has 0 spiro atoms. The molecule has 0 aliphatic rings. The number of rotatable bonds is 4. The largest absolute Gasteiger partial charge is 0.476 e. The van der Waals surface area contributed by atoms with Gasteiger partial charge in [0.2, 0.25) is 0 Å². The van der Waals surface area contributed by atoms with Crippen LogP contribution in [0.15, 0.2) is 0 Å². The maximum Gasteiger partial charge on any atom is 0.381 e. The number of carboxylic acids is 1. The van der Waals surface area contributed by atoms with Crippen molar-refractivity contribution in [3.05, 3.63) is 0 Å². The topological polar surface area (TPSA) is 59.0 Å². The number of ether oxygens (including phenoxy) is 2. The minimum Gasteiger partial charge on any atom is -0.476 e. The minimum atomic E-state index is -1.67. The molecule has 5 nitrogen and oxygen atoms in total. The third-order valence-electron chi connectivity index (χ3n) is 1.41. The molecule has 0 saturated heterocycles. The van der Waals surface area contributed by atoms with Crippen LogP contribution in [0, 0.1) is 0 Å². The molecule has 0 aliphatic heterocycles. The number of carbonyl (C=O) groups is 1. The zero-order valence-electron chi connectivity index (χ0n) is 7.12. The number of likely N-dealkylation sites (N-methyl/N-ethyl adjacent to an activating group) is 1. The van der Waals surface area contributed by atoms with E-state index >= 15 is 0 Å². The average molecular weight is 163 g/mol. The number of carboxylic acid groups (broad SMARTS) is 1. The molecular weight excluding hydrogens is 150 g/mol. The van der Waals surface area contributed by atoms with E-state index in [2.05, 4.69) is 0 Å². The molecular formula is C6H13NO4. The second kappa shape index (κ2) is 3.66. The first kappa shape index (κ1) is 10.3. The Kier molecular flexibility index (Phi) is 3.44. The third-order valence-corrected chi connectivity index (χ3v) is 1.41. The molecule has 0 unspecified atom stereocenters. The van der Waals surface area contributed by atoms with E-state index in [1.807, 2.05) is 0 Å². The van der Waals surface area contributed by atoms with E-state index < -0.39 is 11.9 Å². The van der Waals surface area contributed by atoms with Gasteiger partial charge in [-0.25, -0.2) is 9.69 Å². The molecule has 0 aromatic heterocycles. The minimum absolute atomic E-state index is 1.17. The summed E-state index contributed by atoms with van der Waals surface area (Å²) in [5, 5.41) is 8.70. The lowest BCUT2D eigenvalue weighted by molar-refractivity contribution is -0.277. The molecule has 5 heteroatoms. The van der Waals surface area contributed by atoms with Crippen LogP contribution >= 0.6 is 0 Å². The molecule has 1 N–H and O–H groups in total. The van der Waals surface area contributed by atoms with Crippen molar-refractivity contribution in [2.24, 2.45) is 0 Å². The Morgan fingerprint density at radius 1 is 1.36 bits per heavy atom. The fourth-order valence-corrected chi connectivity index (χ4v) is 0.814. The zero-order chi connectivity index (χ0) is 9.07. The second-order valence-corrected chi connectivity index (χ2v) is 2.19. The molecule has 0 heterocycles. The van der Waals surface area contributed by atoms with Gasteiger partial charge < -0.3 is 14.6 Å². The molecule has 0 aromatic rings. The fourth-order valence-electron chi connectivity index (χ4n) is 0.814. The van der Waals surface area contributed by atoms with Gasteiger partial charge in [0.1, 0.15) is 0 Å². The molecule has 0 rings (SSSR count). The van der Waals surface area contributed by atoms with Gasteiger partial charge in [0, 0.05) is 14.2 Å². The van der Waals surface area contributed by atoms with Gasteiger partial charge in [-0.1, -0.05) is 0 Å². The van der Waals surface area contributed by atoms with Crippen molar-refractivity contribution in [2.45, 2.75) is 5.91 Å². The van der Waals surface area contributed by atoms with Crippen molar-refractivity contribution in [1.29, 1.82) is 0 Å². The van der Waals surface area contributed by atoms with Crippen LogP contribution in [0.25, 0.3) is 0 Å². The molecule has 66 valence electrons. The van der Waals surface area contributed by atoms with E-state index in [-0.39, 0.29) is 0 Å². The van der Waals surface area contributed by atoms with E-state index in [0.717, 1.165) is 0 Å². The van der Waals surface area contributed by atoms with Gasteiger partial charge in [0.25, 0.3) is 0 Å². The van der Waals surface area contributed by atoms with Crippen LogP contribution in [0.2, 0.25) is 0 Å². The number of nitrogens with zero attached hydrogens (tertiary/aromatic N) is 1. The summed E-state index contributed by atoms with van der Waals surface area (Å²) in [7, 11) is 5.66. The summed E-state index contributed by atoms with van der Waals surface area (Å²) in [4.78, 5) is 12.0. The Balaban J connectivity index is 4.61. The van der Waals surface area contributed by atoms with Crippen LogP contribution in [-0.2, 0) is 14.3 Å². The Hall–Kier alpha value is -0.650. The van der Waals surface area contributed by atoms with Crippen molar-refractivity contribution in [2.75, 3.05) is 28.3 Å². The van der Waals surface area contributed by atoms with Gasteiger partial charge in [-0.15, -0.1) is 0 Å². The number of methoxy groups -OCH3 is 2. The lowest BCUT2D eigenvalue weighted by atomic mass is 10.4. The molecule has 0 bridgehead atoms. The SMILES string of the molecule is COC(OC)(C(=O)O)N(C)C. The summed E-state index contributed by atoms with van der Waals surface area (Å²) in [6.45, 7) is 0. The van der Waals surface area contributed by atoms with E-state index in [1.54, 1.807) is 14.1 Å². The Labute approximate surface area is 65.5 Å². The molecule has 0 radical (unpaired) electrons. The maximum absolute atomic E-state index is 10.6. The highest BCUT2D eigenvalue weighted by atomic mass is 16.7. The van der Waals surface area contributed by atoms with Gasteiger partial charge in [-0.3, -0.25) is 0 Å². The summed E-state index contributed by atoms with van der Waals surface area (Å²) < 4.78 is 9.43. The van der Waals surface area contributed by atoms with E-state index in [1.165, 1.54) is 19.1 Å². The van der Waals surface area contributed by atoms with E-state index in [0.29, 0.717) is 0 Å². The van der Waals surface area contributed by atoms with Crippen molar-refractivity contribution in [3.8, 4) is 0 Å². The molecule has 0 atom stereocenters. The van der Waals surface area contributed by atoms with Gasteiger partial charge in [-0.05, 0) is 14.1 Å². The van der Waals surface area contributed by atoms with Crippen molar-refractivity contribution < 1.29 is 19.4 Å². The smallest absolute Gasteiger partial charge is 0.381 e. The molecule has 0 aromatic carbocycles. The zero-order valence-corrected chi connectivity index (χ0v) is 7.12. The summed E-state index contributed by atoms with van der Waals surface area (Å²) in [6, 6.07) is 0. The highest BCUT2D eigenvalue weighted by molar-refractivity contribution is 5.75. The van der Waals surface area contributed by atoms with Crippen LogP contribution < -0.4 is 0 Å². The molecule has 0 amide bonds. The summed E-state index contributed by atoms with van der Waals surface area (Å²) in [6.07, 6.45) is 0. The molecule has 0 fully saturated rings. The maximum atomic E-state index is 10.6. The summed E-state index contributed by atoms with van der Waals surface area (Å²) >= 11 is 0. The predicted molar refractivity (Wildman–Crippen MR) is 38.1 cm³/mol. The van der Waals surface area contributed by atoms with Crippen LogP contribution in [0.4, 0.5) is 0 Å². The van der Waals surface area contributed by atoms with Crippen LogP contribution in [0.5, 0.6) is 0 Å². The van der Waals surface area contributed by atoms with E-state index in [4.69, 9.17) is 14.6 Å². The van der Waals surface area contributed by atoms with E-state index in [9.17, 15) is 4.79 Å². The Morgan fingerprint density at radius 2 is 1.73 bits per heavy atom. The van der Waals surface area contributed by atoms with Crippen molar-refractivity contribution in [1.82, 2.24) is 4.90 Å². The van der Waals surface area contributed by atoms with Crippen molar-refractivity contribution in [3.63, 3.8) is 0 Å². The lowest BCUT2D eigenvalue weighted by Gasteiger charge is -2.31. The Bertz CT molecular complexity index is 142. The van der Waals surface area contributed by atoms with Crippen molar-refractivity contribution >= 4 is 5.97 Å². The van der Waals surface area contributed by atoms with Crippen LogP contribution in [-0.4, -0.2) is 50.2 Å². The number of aliphatic carboxylic acids is 1. The van der Waals surface area contributed by atoms with Gasteiger partial charge >= 0.3 is 11.9 Å². The quantitative estimate of drug-likeness (QED) is 0.570. The first-order valence-electron chi connectivity index (χ1n) is 3.02. The predicted octanol–water partition coefficient (Wildman–Crippen LogP) is -0.421. The molecule has 11 heavy (non-hydrogen) atoms. The number of hydrogen-bond acceptors (Lipinski definition) is 4. The first-order chi connectivity index (χ1) is 5.01. The lowest BCUT2D eigenvalue weighted by Crippen LogP contribution is -2.54. The van der Waals surface area contributed by atoms with Gasteiger partial charge in [-0.2, -0.15) is 0 Å². The first-order valence-corrected chi connectivity index (χ1v) is 3.02. The normalized spacial score (nSPS) is 12.1. The summed E-state index contributed by atoms with van der Waals surface area (Å²) in [5.74, 6) is -2.84.